The van der Waals surface area contributed by atoms with Crippen molar-refractivity contribution >= 4 is 5.97 Å². The highest BCUT2D eigenvalue weighted by Gasteiger charge is 2.32. The van der Waals surface area contributed by atoms with Crippen LogP contribution in [0.3, 0.4) is 0 Å². The maximum absolute atomic E-state index is 11.1. The second kappa shape index (κ2) is 7.56. The van der Waals surface area contributed by atoms with E-state index in [9.17, 15) is 4.79 Å². The summed E-state index contributed by atoms with van der Waals surface area (Å²) in [6.07, 6.45) is 1.79. The number of piperidine rings is 1. The van der Waals surface area contributed by atoms with Crippen LogP contribution in [0.2, 0.25) is 0 Å². The topological polar surface area (TPSA) is 53.0 Å². The molecule has 0 spiro atoms. The van der Waals surface area contributed by atoms with Crippen molar-refractivity contribution in [1.29, 1.82) is 0 Å². The molecule has 0 aromatic heterocycles. The normalized spacial score (nSPS) is 32.5. The molecule has 3 atom stereocenters. The molecule has 0 saturated carbocycles. The fourth-order valence-electron chi connectivity index (χ4n) is 3.55. The van der Waals surface area contributed by atoms with Crippen LogP contribution in [0.5, 0.6) is 0 Å². The van der Waals surface area contributed by atoms with Gasteiger partial charge in [-0.3, -0.25) is 14.6 Å². The summed E-state index contributed by atoms with van der Waals surface area (Å²) in [6, 6.07) is 0.337. The zero-order chi connectivity index (χ0) is 15.4. The number of likely N-dealkylation sites (tertiary alicyclic amines) is 1. The first-order valence-corrected chi connectivity index (χ1v) is 8.26. The van der Waals surface area contributed by atoms with Gasteiger partial charge in [-0.1, -0.05) is 13.8 Å². The second-order valence-electron chi connectivity index (χ2n) is 7.05. The van der Waals surface area contributed by atoms with Crippen LogP contribution in [0.1, 0.15) is 33.6 Å². The SMILES string of the molecule is CC(C)CN1CCOC(CN2CCC(C(=O)O)CC2C)C1. The first-order valence-electron chi connectivity index (χ1n) is 8.26. The molecular formula is C16H30N2O3. The first-order chi connectivity index (χ1) is 9.95. The van der Waals surface area contributed by atoms with E-state index in [1.165, 1.54) is 0 Å². The van der Waals surface area contributed by atoms with Gasteiger partial charge in [0.15, 0.2) is 0 Å². The fourth-order valence-corrected chi connectivity index (χ4v) is 3.55. The van der Waals surface area contributed by atoms with Gasteiger partial charge in [-0.15, -0.1) is 0 Å². The third-order valence-electron chi connectivity index (χ3n) is 4.65. The molecule has 0 aliphatic carbocycles. The third kappa shape index (κ3) is 4.94. The Kier molecular flexibility index (Phi) is 6.02. The van der Waals surface area contributed by atoms with E-state index >= 15 is 0 Å². The number of carbonyl (C=O) groups is 1. The lowest BCUT2D eigenvalue weighted by molar-refractivity contribution is -0.144. The molecule has 2 fully saturated rings. The molecule has 0 radical (unpaired) electrons. The van der Waals surface area contributed by atoms with Crippen LogP contribution >= 0.6 is 0 Å². The minimum Gasteiger partial charge on any atom is -0.481 e. The van der Waals surface area contributed by atoms with Crippen molar-refractivity contribution in [2.24, 2.45) is 11.8 Å². The van der Waals surface area contributed by atoms with Crippen molar-refractivity contribution in [2.75, 3.05) is 39.3 Å². The van der Waals surface area contributed by atoms with Gasteiger partial charge in [0.2, 0.25) is 0 Å². The molecule has 0 aromatic carbocycles. The number of carboxylic acids is 1. The molecule has 2 rings (SSSR count). The molecule has 122 valence electrons. The molecule has 2 aliphatic rings. The molecule has 2 heterocycles. The zero-order valence-electron chi connectivity index (χ0n) is 13.6. The van der Waals surface area contributed by atoms with Gasteiger partial charge in [0.25, 0.3) is 0 Å². The average Bonchev–Trinajstić information content (AvgIpc) is 2.40. The number of morpholine rings is 1. The van der Waals surface area contributed by atoms with Gasteiger partial charge in [0.1, 0.15) is 0 Å². The van der Waals surface area contributed by atoms with E-state index in [4.69, 9.17) is 9.84 Å². The maximum Gasteiger partial charge on any atom is 0.306 e. The highest BCUT2D eigenvalue weighted by atomic mass is 16.5. The van der Waals surface area contributed by atoms with Crippen LogP contribution in [-0.2, 0) is 9.53 Å². The van der Waals surface area contributed by atoms with Crippen molar-refractivity contribution in [2.45, 2.75) is 45.8 Å². The Morgan fingerprint density at radius 1 is 1.38 bits per heavy atom. The molecule has 0 amide bonds. The van der Waals surface area contributed by atoms with Gasteiger partial charge in [0, 0.05) is 32.2 Å². The van der Waals surface area contributed by atoms with Crippen LogP contribution in [0.25, 0.3) is 0 Å². The summed E-state index contributed by atoms with van der Waals surface area (Å²) in [7, 11) is 0. The van der Waals surface area contributed by atoms with Gasteiger partial charge < -0.3 is 9.84 Å². The number of rotatable bonds is 5. The molecule has 5 nitrogen and oxygen atoms in total. The summed E-state index contributed by atoms with van der Waals surface area (Å²) in [5.74, 6) is -0.117. The molecule has 0 bridgehead atoms. The summed E-state index contributed by atoms with van der Waals surface area (Å²) in [6.45, 7) is 12.4. The predicted molar refractivity (Wildman–Crippen MR) is 82.4 cm³/mol. The Balaban J connectivity index is 1.80. The van der Waals surface area contributed by atoms with E-state index in [0.29, 0.717) is 12.0 Å². The Morgan fingerprint density at radius 3 is 2.76 bits per heavy atom. The number of carboxylic acid groups (broad SMARTS) is 1. The monoisotopic (exact) mass is 298 g/mol. The summed E-state index contributed by atoms with van der Waals surface area (Å²) in [5, 5.41) is 9.13. The number of hydrogen-bond donors (Lipinski definition) is 1. The highest BCUT2D eigenvalue weighted by Crippen LogP contribution is 2.24. The van der Waals surface area contributed by atoms with Crippen molar-refractivity contribution in [3.8, 4) is 0 Å². The van der Waals surface area contributed by atoms with Crippen LogP contribution in [0, 0.1) is 11.8 Å². The predicted octanol–water partition coefficient (Wildman–Crippen LogP) is 1.53. The summed E-state index contributed by atoms with van der Waals surface area (Å²) in [5.41, 5.74) is 0. The Bertz CT molecular complexity index is 348. The number of ether oxygens (including phenoxy) is 1. The molecule has 1 N–H and O–H groups in total. The highest BCUT2D eigenvalue weighted by molar-refractivity contribution is 5.70. The van der Waals surface area contributed by atoms with Crippen LogP contribution in [-0.4, -0.2) is 72.4 Å². The van der Waals surface area contributed by atoms with E-state index in [0.717, 1.165) is 52.2 Å². The maximum atomic E-state index is 11.1. The lowest BCUT2D eigenvalue weighted by Gasteiger charge is -2.41. The van der Waals surface area contributed by atoms with E-state index in [2.05, 4.69) is 30.6 Å². The first kappa shape index (κ1) is 16.7. The molecule has 5 heteroatoms. The molecule has 21 heavy (non-hydrogen) atoms. The van der Waals surface area contributed by atoms with Gasteiger partial charge in [0.05, 0.1) is 18.6 Å². The fraction of sp³-hybridized carbons (Fsp3) is 0.938. The van der Waals surface area contributed by atoms with Gasteiger partial charge in [-0.25, -0.2) is 0 Å². The van der Waals surface area contributed by atoms with E-state index in [1.807, 2.05) is 0 Å². The Hall–Kier alpha value is -0.650. The summed E-state index contributed by atoms with van der Waals surface area (Å²) in [4.78, 5) is 16.0. The van der Waals surface area contributed by atoms with Gasteiger partial charge in [-0.2, -0.15) is 0 Å². The van der Waals surface area contributed by atoms with E-state index in [-0.39, 0.29) is 12.0 Å². The summed E-state index contributed by atoms with van der Waals surface area (Å²) < 4.78 is 5.92. The zero-order valence-corrected chi connectivity index (χ0v) is 13.6. The van der Waals surface area contributed by atoms with Gasteiger partial charge in [-0.05, 0) is 32.2 Å². The van der Waals surface area contributed by atoms with Crippen molar-refractivity contribution in [3.63, 3.8) is 0 Å². The number of aliphatic carboxylic acids is 1. The second-order valence-corrected chi connectivity index (χ2v) is 7.05. The largest absolute Gasteiger partial charge is 0.481 e. The molecule has 2 saturated heterocycles. The Labute approximate surface area is 128 Å². The van der Waals surface area contributed by atoms with Crippen LogP contribution < -0.4 is 0 Å². The third-order valence-corrected chi connectivity index (χ3v) is 4.65. The van der Waals surface area contributed by atoms with Crippen molar-refractivity contribution < 1.29 is 14.6 Å². The van der Waals surface area contributed by atoms with Crippen molar-refractivity contribution in [1.82, 2.24) is 9.80 Å². The van der Waals surface area contributed by atoms with Crippen LogP contribution in [0.15, 0.2) is 0 Å². The van der Waals surface area contributed by atoms with Crippen LogP contribution in [0.4, 0.5) is 0 Å². The number of nitrogens with zero attached hydrogens (tertiary/aromatic N) is 2. The molecule has 0 aromatic rings. The smallest absolute Gasteiger partial charge is 0.306 e. The molecule has 2 aliphatic heterocycles. The quantitative estimate of drug-likeness (QED) is 0.834. The lowest BCUT2D eigenvalue weighted by Crippen LogP contribution is -2.52. The van der Waals surface area contributed by atoms with E-state index in [1.54, 1.807) is 0 Å². The average molecular weight is 298 g/mol. The molecular weight excluding hydrogens is 268 g/mol. The summed E-state index contributed by atoms with van der Waals surface area (Å²) >= 11 is 0. The van der Waals surface area contributed by atoms with Gasteiger partial charge >= 0.3 is 5.97 Å². The number of hydrogen-bond acceptors (Lipinski definition) is 4. The van der Waals surface area contributed by atoms with Crippen molar-refractivity contribution in [3.05, 3.63) is 0 Å². The lowest BCUT2D eigenvalue weighted by atomic mass is 9.91. The minimum atomic E-state index is -0.640. The minimum absolute atomic E-state index is 0.166. The Morgan fingerprint density at radius 2 is 2.14 bits per heavy atom. The molecule has 3 unspecified atom stereocenters. The van der Waals surface area contributed by atoms with E-state index < -0.39 is 5.97 Å². The standard InChI is InChI=1S/C16H30N2O3/c1-12(2)9-17-6-7-21-15(10-17)11-18-5-4-14(16(19)20)8-13(18)3/h12-15H,4-11H2,1-3H3,(H,19,20).